The lowest BCUT2D eigenvalue weighted by molar-refractivity contribution is 0.0858. The summed E-state index contributed by atoms with van der Waals surface area (Å²) in [4.78, 5) is 27.5. The molecule has 6 nitrogen and oxygen atoms in total. The van der Waals surface area contributed by atoms with Gasteiger partial charge in [0.05, 0.1) is 11.7 Å². The molecule has 0 spiro atoms. The van der Waals surface area contributed by atoms with Crippen LogP contribution in [0.4, 0.5) is 5.69 Å². The first kappa shape index (κ1) is 21.7. The minimum absolute atomic E-state index is 0.0671. The Labute approximate surface area is 187 Å². The van der Waals surface area contributed by atoms with Crippen LogP contribution in [0.3, 0.4) is 0 Å². The number of hydrogen-bond donors (Lipinski definition) is 2. The zero-order valence-electron chi connectivity index (χ0n) is 17.5. The van der Waals surface area contributed by atoms with Gasteiger partial charge in [-0.1, -0.05) is 29.8 Å². The van der Waals surface area contributed by atoms with Crippen molar-refractivity contribution in [2.24, 2.45) is 0 Å². The first-order valence-electron chi connectivity index (χ1n) is 10.9. The van der Waals surface area contributed by atoms with E-state index in [1.165, 1.54) is 0 Å². The van der Waals surface area contributed by atoms with Crippen molar-refractivity contribution in [3.63, 3.8) is 0 Å². The second-order valence-corrected chi connectivity index (χ2v) is 8.54. The maximum atomic E-state index is 12.8. The van der Waals surface area contributed by atoms with Crippen molar-refractivity contribution in [1.29, 1.82) is 0 Å². The lowest BCUT2D eigenvalue weighted by Gasteiger charge is -2.35. The molecule has 0 saturated carbocycles. The van der Waals surface area contributed by atoms with Gasteiger partial charge in [-0.25, -0.2) is 0 Å². The van der Waals surface area contributed by atoms with E-state index in [9.17, 15) is 9.59 Å². The molecule has 2 amide bonds. The summed E-state index contributed by atoms with van der Waals surface area (Å²) in [7, 11) is 0. The van der Waals surface area contributed by atoms with Gasteiger partial charge in [0.15, 0.2) is 0 Å². The van der Waals surface area contributed by atoms with Crippen LogP contribution in [-0.2, 0) is 4.74 Å². The van der Waals surface area contributed by atoms with Crippen LogP contribution in [0.2, 0.25) is 5.02 Å². The number of halogens is 1. The van der Waals surface area contributed by atoms with Crippen molar-refractivity contribution in [2.75, 3.05) is 31.1 Å². The summed E-state index contributed by atoms with van der Waals surface area (Å²) in [6.07, 6.45) is 3.81. The molecule has 0 bridgehead atoms. The number of hydrogen-bond acceptors (Lipinski definition) is 4. The molecule has 0 aromatic heterocycles. The van der Waals surface area contributed by atoms with E-state index in [0.29, 0.717) is 22.7 Å². The van der Waals surface area contributed by atoms with Gasteiger partial charge in [-0.15, -0.1) is 0 Å². The summed E-state index contributed by atoms with van der Waals surface area (Å²) < 4.78 is 5.60. The molecule has 2 saturated heterocycles. The predicted octanol–water partition coefficient (Wildman–Crippen LogP) is 3.65. The minimum atomic E-state index is -0.102. The normalized spacial score (nSPS) is 19.3. The van der Waals surface area contributed by atoms with Crippen molar-refractivity contribution in [2.45, 2.75) is 37.8 Å². The Kier molecular flexibility index (Phi) is 7.10. The van der Waals surface area contributed by atoms with Gasteiger partial charge in [-0.05, 0) is 56.0 Å². The van der Waals surface area contributed by atoms with Gasteiger partial charge in [0.1, 0.15) is 0 Å². The molecule has 1 atom stereocenters. The highest BCUT2D eigenvalue weighted by molar-refractivity contribution is 6.30. The Morgan fingerprint density at radius 3 is 2.58 bits per heavy atom. The van der Waals surface area contributed by atoms with Gasteiger partial charge in [0, 0.05) is 48.6 Å². The van der Waals surface area contributed by atoms with Crippen molar-refractivity contribution >= 4 is 29.1 Å². The summed E-state index contributed by atoms with van der Waals surface area (Å²) >= 11 is 5.99. The number of amides is 2. The summed E-state index contributed by atoms with van der Waals surface area (Å²) in [6, 6.07) is 14.8. The van der Waals surface area contributed by atoms with Crippen LogP contribution in [-0.4, -0.2) is 50.2 Å². The standard InChI is InChI=1S/C24H28ClN3O3/c25-18-6-3-5-17(15-18)23(29)27-19-10-12-28(13-11-19)22-9-2-1-8-21(22)24(30)26-16-20-7-4-14-31-20/h1-3,5-6,8-9,15,19-20H,4,7,10-14,16H2,(H,26,30)(H,27,29). The molecule has 2 fully saturated rings. The monoisotopic (exact) mass is 441 g/mol. The average Bonchev–Trinajstić information content (AvgIpc) is 3.32. The summed E-state index contributed by atoms with van der Waals surface area (Å²) in [5.74, 6) is -0.169. The average molecular weight is 442 g/mol. The Hall–Kier alpha value is -2.57. The van der Waals surface area contributed by atoms with Gasteiger partial charge < -0.3 is 20.3 Å². The number of piperidine rings is 1. The molecule has 2 aliphatic rings. The maximum Gasteiger partial charge on any atom is 0.253 e. The molecule has 2 heterocycles. The molecule has 2 aromatic carbocycles. The van der Waals surface area contributed by atoms with Crippen LogP contribution in [0.5, 0.6) is 0 Å². The minimum Gasteiger partial charge on any atom is -0.376 e. The molecule has 164 valence electrons. The molecule has 2 N–H and O–H groups in total. The van der Waals surface area contributed by atoms with E-state index in [1.54, 1.807) is 24.3 Å². The summed E-state index contributed by atoms with van der Waals surface area (Å²) in [5, 5.41) is 6.68. The van der Waals surface area contributed by atoms with Crippen molar-refractivity contribution < 1.29 is 14.3 Å². The SMILES string of the molecule is O=C(NC1CCN(c2ccccc2C(=O)NCC2CCCO2)CC1)c1cccc(Cl)c1. The number of nitrogens with one attached hydrogen (secondary N) is 2. The molecule has 2 aromatic rings. The fourth-order valence-electron chi connectivity index (χ4n) is 4.21. The first-order valence-corrected chi connectivity index (χ1v) is 11.3. The van der Waals surface area contributed by atoms with Crippen molar-refractivity contribution in [1.82, 2.24) is 10.6 Å². The van der Waals surface area contributed by atoms with Gasteiger partial charge >= 0.3 is 0 Å². The van der Waals surface area contributed by atoms with E-state index >= 15 is 0 Å². The second kappa shape index (κ2) is 10.2. The number of carbonyl (C=O) groups is 2. The molecule has 4 rings (SSSR count). The molecular formula is C24H28ClN3O3. The van der Waals surface area contributed by atoms with Gasteiger partial charge in [0.2, 0.25) is 0 Å². The fraction of sp³-hybridized carbons (Fsp3) is 0.417. The number of anilines is 1. The number of nitrogens with zero attached hydrogens (tertiary/aromatic N) is 1. The number of benzene rings is 2. The zero-order valence-corrected chi connectivity index (χ0v) is 18.2. The first-order chi connectivity index (χ1) is 15.1. The Morgan fingerprint density at radius 1 is 1.03 bits per heavy atom. The van der Waals surface area contributed by atoms with E-state index < -0.39 is 0 Å². The predicted molar refractivity (Wildman–Crippen MR) is 122 cm³/mol. The Balaban J connectivity index is 1.33. The van der Waals surface area contributed by atoms with Crippen LogP contribution in [0.15, 0.2) is 48.5 Å². The Bertz CT molecular complexity index is 922. The summed E-state index contributed by atoms with van der Waals surface area (Å²) in [6.45, 7) is 2.87. The number of ether oxygens (including phenoxy) is 1. The Morgan fingerprint density at radius 2 is 1.84 bits per heavy atom. The van der Waals surface area contributed by atoms with Gasteiger partial charge in [0.25, 0.3) is 11.8 Å². The largest absolute Gasteiger partial charge is 0.376 e. The van der Waals surface area contributed by atoms with Crippen LogP contribution >= 0.6 is 11.6 Å². The third kappa shape index (κ3) is 5.57. The zero-order chi connectivity index (χ0) is 21.6. The third-order valence-electron chi connectivity index (χ3n) is 5.92. The molecule has 31 heavy (non-hydrogen) atoms. The fourth-order valence-corrected chi connectivity index (χ4v) is 4.40. The highest BCUT2D eigenvalue weighted by atomic mass is 35.5. The maximum absolute atomic E-state index is 12.8. The third-order valence-corrected chi connectivity index (χ3v) is 6.16. The second-order valence-electron chi connectivity index (χ2n) is 8.11. The molecule has 1 unspecified atom stereocenters. The molecule has 7 heteroatoms. The highest BCUT2D eigenvalue weighted by Gasteiger charge is 2.24. The van der Waals surface area contributed by atoms with Gasteiger partial charge in [-0.3, -0.25) is 9.59 Å². The quantitative estimate of drug-likeness (QED) is 0.717. The van der Waals surface area contributed by atoms with E-state index in [-0.39, 0.29) is 24.0 Å². The lowest BCUT2D eigenvalue weighted by Crippen LogP contribution is -2.45. The van der Waals surface area contributed by atoms with Gasteiger partial charge in [-0.2, -0.15) is 0 Å². The van der Waals surface area contributed by atoms with Crippen LogP contribution in [0, 0.1) is 0 Å². The van der Waals surface area contributed by atoms with Crippen LogP contribution in [0.25, 0.3) is 0 Å². The lowest BCUT2D eigenvalue weighted by atomic mass is 10.0. The summed E-state index contributed by atoms with van der Waals surface area (Å²) in [5.41, 5.74) is 2.19. The van der Waals surface area contributed by atoms with E-state index in [0.717, 1.165) is 51.1 Å². The van der Waals surface area contributed by atoms with E-state index in [2.05, 4.69) is 15.5 Å². The van der Waals surface area contributed by atoms with Crippen molar-refractivity contribution in [3.8, 4) is 0 Å². The number of para-hydroxylation sites is 1. The highest BCUT2D eigenvalue weighted by Crippen LogP contribution is 2.25. The van der Waals surface area contributed by atoms with Crippen LogP contribution in [0.1, 0.15) is 46.4 Å². The molecular weight excluding hydrogens is 414 g/mol. The smallest absolute Gasteiger partial charge is 0.253 e. The number of rotatable bonds is 6. The number of carbonyl (C=O) groups excluding carboxylic acids is 2. The molecule has 2 aliphatic heterocycles. The molecule has 0 aliphatic carbocycles. The van der Waals surface area contributed by atoms with E-state index in [4.69, 9.17) is 16.3 Å². The topological polar surface area (TPSA) is 70.7 Å². The van der Waals surface area contributed by atoms with Crippen molar-refractivity contribution in [3.05, 3.63) is 64.7 Å². The van der Waals surface area contributed by atoms with E-state index in [1.807, 2.05) is 24.3 Å². The molecule has 0 radical (unpaired) electrons. The van der Waals surface area contributed by atoms with Crippen LogP contribution < -0.4 is 15.5 Å².